The van der Waals surface area contributed by atoms with Gasteiger partial charge in [0.25, 0.3) is 0 Å². The van der Waals surface area contributed by atoms with Gasteiger partial charge >= 0.3 is 5.97 Å². The number of ether oxygens (including phenoxy) is 1. The third-order valence-electron chi connectivity index (χ3n) is 3.06. The van der Waals surface area contributed by atoms with E-state index in [4.69, 9.17) is 11.3 Å². The Bertz CT molecular complexity index is 425. The van der Waals surface area contributed by atoms with Crippen LogP contribution in [0.1, 0.15) is 42.5 Å². The van der Waals surface area contributed by atoms with Crippen LogP contribution in [0.5, 0.6) is 0 Å². The van der Waals surface area contributed by atoms with Crippen molar-refractivity contribution in [3.05, 3.63) is 41.2 Å². The van der Waals surface area contributed by atoms with Gasteiger partial charge in [-0.3, -0.25) is 0 Å². The van der Waals surface area contributed by atoms with Crippen LogP contribution in [0, 0.1) is 6.57 Å². The minimum atomic E-state index is -0.270. The lowest BCUT2D eigenvalue weighted by molar-refractivity contribution is 0.0211. The second kappa shape index (κ2) is 5.49. The van der Waals surface area contributed by atoms with Gasteiger partial charge in [-0.05, 0) is 25.7 Å². The average Bonchev–Trinajstić information content (AvgIpc) is 2.40. The summed E-state index contributed by atoms with van der Waals surface area (Å²) in [5.41, 5.74) is 1.07. The molecule has 0 unspecified atom stereocenters. The number of esters is 1. The molecule has 0 heterocycles. The molecule has 1 aromatic carbocycles. The summed E-state index contributed by atoms with van der Waals surface area (Å²) in [5.74, 6) is -0.270. The van der Waals surface area contributed by atoms with Crippen molar-refractivity contribution in [1.29, 1.82) is 0 Å². The van der Waals surface area contributed by atoms with Crippen molar-refractivity contribution in [1.82, 2.24) is 0 Å². The fraction of sp³-hybridized carbons (Fsp3) is 0.429. The monoisotopic (exact) mass is 229 g/mol. The quantitative estimate of drug-likeness (QED) is 0.571. The first-order valence-electron chi connectivity index (χ1n) is 5.98. The summed E-state index contributed by atoms with van der Waals surface area (Å²) in [6, 6.07) is 6.59. The lowest BCUT2D eigenvalue weighted by atomic mass is 9.98. The molecule has 0 amide bonds. The van der Waals surface area contributed by atoms with Gasteiger partial charge in [0.05, 0.1) is 12.1 Å². The maximum absolute atomic E-state index is 11.8. The lowest BCUT2D eigenvalue weighted by Crippen LogP contribution is -2.20. The van der Waals surface area contributed by atoms with Crippen LogP contribution in [0.4, 0.5) is 5.69 Å². The minimum absolute atomic E-state index is 0.0804. The molecule has 0 atom stereocenters. The molecular formula is C14H15NO2. The first-order valence-corrected chi connectivity index (χ1v) is 5.98. The summed E-state index contributed by atoms with van der Waals surface area (Å²) in [6.45, 7) is 6.84. The van der Waals surface area contributed by atoms with Gasteiger partial charge < -0.3 is 4.74 Å². The molecule has 0 bridgehead atoms. The average molecular weight is 229 g/mol. The Balaban J connectivity index is 1.96. The predicted molar refractivity (Wildman–Crippen MR) is 65.0 cm³/mol. The molecule has 0 aromatic heterocycles. The smallest absolute Gasteiger partial charge is 0.338 e. The van der Waals surface area contributed by atoms with Crippen LogP contribution in [-0.4, -0.2) is 12.1 Å². The van der Waals surface area contributed by atoms with Gasteiger partial charge in [-0.1, -0.05) is 30.7 Å². The molecule has 88 valence electrons. The van der Waals surface area contributed by atoms with Crippen LogP contribution in [0.25, 0.3) is 4.85 Å². The zero-order chi connectivity index (χ0) is 12.1. The molecule has 3 nitrogen and oxygen atoms in total. The predicted octanol–water partition coefficient (Wildman–Crippen LogP) is 3.73. The van der Waals surface area contributed by atoms with Crippen molar-refractivity contribution in [2.75, 3.05) is 0 Å². The number of carbonyl (C=O) groups is 1. The molecule has 1 aliphatic carbocycles. The minimum Gasteiger partial charge on any atom is -0.459 e. The van der Waals surface area contributed by atoms with Crippen LogP contribution in [0.2, 0.25) is 0 Å². The van der Waals surface area contributed by atoms with Gasteiger partial charge in [-0.2, -0.15) is 0 Å². The van der Waals surface area contributed by atoms with E-state index in [-0.39, 0.29) is 12.1 Å². The summed E-state index contributed by atoms with van der Waals surface area (Å²) >= 11 is 0. The van der Waals surface area contributed by atoms with Gasteiger partial charge in [0.2, 0.25) is 0 Å². The fourth-order valence-corrected chi connectivity index (χ4v) is 2.07. The largest absolute Gasteiger partial charge is 0.459 e. The van der Waals surface area contributed by atoms with Crippen LogP contribution < -0.4 is 0 Å². The molecule has 2 rings (SSSR count). The standard InChI is InChI=1S/C14H15NO2/c1-15-12-9-7-11(8-10-12)14(16)17-13-5-3-2-4-6-13/h7-10,13H,2-6H2. The molecule has 3 heteroatoms. The van der Waals surface area contributed by atoms with Crippen LogP contribution in [-0.2, 0) is 4.74 Å². The third-order valence-corrected chi connectivity index (χ3v) is 3.06. The molecule has 0 aliphatic heterocycles. The fourth-order valence-electron chi connectivity index (χ4n) is 2.07. The molecule has 0 spiro atoms. The number of hydrogen-bond donors (Lipinski definition) is 0. The van der Waals surface area contributed by atoms with Gasteiger partial charge in [0.1, 0.15) is 6.10 Å². The van der Waals surface area contributed by atoms with Crippen molar-refractivity contribution < 1.29 is 9.53 Å². The Morgan fingerprint density at radius 3 is 2.41 bits per heavy atom. The van der Waals surface area contributed by atoms with Crippen LogP contribution >= 0.6 is 0 Å². The first-order chi connectivity index (χ1) is 8.29. The molecule has 1 saturated carbocycles. The van der Waals surface area contributed by atoms with Crippen molar-refractivity contribution >= 4 is 11.7 Å². The summed E-state index contributed by atoms with van der Waals surface area (Å²) in [5, 5.41) is 0. The maximum atomic E-state index is 11.8. The number of nitrogens with zero attached hydrogens (tertiary/aromatic N) is 1. The van der Waals surface area contributed by atoms with E-state index in [0.29, 0.717) is 11.3 Å². The molecule has 0 saturated heterocycles. The highest BCUT2D eigenvalue weighted by Crippen LogP contribution is 2.22. The third kappa shape index (κ3) is 3.07. The van der Waals surface area contributed by atoms with E-state index in [2.05, 4.69) is 4.85 Å². The highest BCUT2D eigenvalue weighted by Gasteiger charge is 2.18. The van der Waals surface area contributed by atoms with E-state index in [1.54, 1.807) is 24.3 Å². The Labute approximate surface area is 101 Å². The topological polar surface area (TPSA) is 30.7 Å². The lowest BCUT2D eigenvalue weighted by Gasteiger charge is -2.21. The number of benzene rings is 1. The van der Waals surface area contributed by atoms with Gasteiger partial charge in [0.15, 0.2) is 5.69 Å². The normalized spacial score (nSPS) is 16.2. The Morgan fingerprint density at radius 2 is 1.82 bits per heavy atom. The molecule has 1 fully saturated rings. The van der Waals surface area contributed by atoms with Crippen LogP contribution in [0.3, 0.4) is 0 Å². The molecule has 17 heavy (non-hydrogen) atoms. The van der Waals surface area contributed by atoms with Crippen LogP contribution in [0.15, 0.2) is 24.3 Å². The highest BCUT2D eigenvalue weighted by molar-refractivity contribution is 5.89. The van der Waals surface area contributed by atoms with E-state index in [1.165, 1.54) is 6.42 Å². The van der Waals surface area contributed by atoms with E-state index in [1.807, 2.05) is 0 Å². The summed E-state index contributed by atoms with van der Waals surface area (Å²) in [7, 11) is 0. The second-order valence-electron chi connectivity index (χ2n) is 4.32. The zero-order valence-electron chi connectivity index (χ0n) is 9.69. The Hall–Kier alpha value is -1.82. The second-order valence-corrected chi connectivity index (χ2v) is 4.32. The van der Waals surface area contributed by atoms with Gasteiger partial charge in [0, 0.05) is 0 Å². The van der Waals surface area contributed by atoms with E-state index >= 15 is 0 Å². The van der Waals surface area contributed by atoms with Crippen molar-refractivity contribution in [3.63, 3.8) is 0 Å². The molecule has 1 aliphatic rings. The summed E-state index contributed by atoms with van der Waals surface area (Å²) < 4.78 is 5.43. The first kappa shape index (κ1) is 11.7. The summed E-state index contributed by atoms with van der Waals surface area (Å²) in [6.07, 6.45) is 5.58. The Kier molecular flexibility index (Phi) is 3.77. The molecular weight excluding hydrogens is 214 g/mol. The molecule has 0 N–H and O–H groups in total. The Morgan fingerprint density at radius 1 is 1.18 bits per heavy atom. The zero-order valence-corrected chi connectivity index (χ0v) is 9.69. The summed E-state index contributed by atoms with van der Waals surface area (Å²) in [4.78, 5) is 15.1. The van der Waals surface area contributed by atoms with Crippen molar-refractivity contribution in [3.8, 4) is 0 Å². The number of hydrogen-bond acceptors (Lipinski definition) is 2. The SMILES string of the molecule is [C-]#[N+]c1ccc(C(=O)OC2CCCCC2)cc1. The number of carbonyl (C=O) groups excluding carboxylic acids is 1. The van der Waals surface area contributed by atoms with E-state index in [9.17, 15) is 4.79 Å². The highest BCUT2D eigenvalue weighted by atomic mass is 16.5. The van der Waals surface area contributed by atoms with E-state index in [0.717, 1.165) is 25.7 Å². The van der Waals surface area contributed by atoms with E-state index < -0.39 is 0 Å². The molecule has 1 aromatic rings. The van der Waals surface area contributed by atoms with Crippen molar-refractivity contribution in [2.45, 2.75) is 38.2 Å². The number of rotatable bonds is 2. The van der Waals surface area contributed by atoms with Gasteiger partial charge in [-0.15, -0.1) is 0 Å². The van der Waals surface area contributed by atoms with Gasteiger partial charge in [-0.25, -0.2) is 9.64 Å². The van der Waals surface area contributed by atoms with Crippen molar-refractivity contribution in [2.24, 2.45) is 0 Å². The maximum Gasteiger partial charge on any atom is 0.338 e. The molecule has 0 radical (unpaired) electrons.